The zero-order chi connectivity index (χ0) is 13.4. The summed E-state index contributed by atoms with van der Waals surface area (Å²) in [7, 11) is -3.74. The van der Waals surface area contributed by atoms with Gasteiger partial charge in [-0.2, -0.15) is 0 Å². The number of aliphatic hydroxyl groups excluding tert-OH is 1. The van der Waals surface area contributed by atoms with Crippen molar-refractivity contribution in [2.45, 2.75) is 23.3 Å². The van der Waals surface area contributed by atoms with Crippen LogP contribution in [0, 0.1) is 10.1 Å². The second-order valence-corrected chi connectivity index (χ2v) is 5.98. The number of hydrogen-bond donors (Lipinski definition) is 2. The van der Waals surface area contributed by atoms with E-state index in [0.29, 0.717) is 12.8 Å². The highest BCUT2D eigenvalue weighted by atomic mass is 32.2. The van der Waals surface area contributed by atoms with E-state index in [1.165, 1.54) is 12.1 Å². The van der Waals surface area contributed by atoms with Gasteiger partial charge >= 0.3 is 0 Å². The molecule has 7 nitrogen and oxygen atoms in total. The molecule has 18 heavy (non-hydrogen) atoms. The van der Waals surface area contributed by atoms with Gasteiger partial charge < -0.3 is 5.11 Å². The minimum atomic E-state index is -3.74. The standard InChI is InChI=1S/C10H12N2O5S/c13-7-10(5-6-10)11-18(16,17)9-3-1-8(2-4-9)12(14)15/h1-4,11,13H,5-7H2. The van der Waals surface area contributed by atoms with Crippen molar-refractivity contribution in [3.8, 4) is 0 Å². The maximum absolute atomic E-state index is 11.9. The molecule has 1 fully saturated rings. The molecular formula is C10H12N2O5S. The van der Waals surface area contributed by atoms with Gasteiger partial charge in [-0.1, -0.05) is 0 Å². The van der Waals surface area contributed by atoms with Gasteiger partial charge in [0.15, 0.2) is 0 Å². The highest BCUT2D eigenvalue weighted by Gasteiger charge is 2.45. The Labute approximate surface area is 104 Å². The fourth-order valence-electron chi connectivity index (χ4n) is 1.53. The summed E-state index contributed by atoms with van der Waals surface area (Å²) in [6.07, 6.45) is 1.19. The summed E-state index contributed by atoms with van der Waals surface area (Å²) >= 11 is 0. The van der Waals surface area contributed by atoms with Crippen molar-refractivity contribution in [3.05, 3.63) is 34.4 Å². The van der Waals surface area contributed by atoms with Crippen molar-refractivity contribution >= 4 is 15.7 Å². The predicted molar refractivity (Wildman–Crippen MR) is 62.5 cm³/mol. The number of nitro benzene ring substituents is 1. The number of nitrogens with zero attached hydrogens (tertiary/aromatic N) is 1. The highest BCUT2D eigenvalue weighted by molar-refractivity contribution is 7.89. The van der Waals surface area contributed by atoms with E-state index >= 15 is 0 Å². The first kappa shape index (κ1) is 12.9. The monoisotopic (exact) mass is 272 g/mol. The SMILES string of the molecule is O=[N+]([O-])c1ccc(S(=O)(=O)NC2(CO)CC2)cc1. The van der Waals surface area contributed by atoms with Crippen molar-refractivity contribution in [3.63, 3.8) is 0 Å². The average Bonchev–Trinajstić information content (AvgIpc) is 3.09. The molecule has 1 saturated carbocycles. The highest BCUT2D eigenvalue weighted by Crippen LogP contribution is 2.36. The lowest BCUT2D eigenvalue weighted by molar-refractivity contribution is -0.384. The largest absolute Gasteiger partial charge is 0.394 e. The van der Waals surface area contributed by atoms with Gasteiger partial charge in [-0.15, -0.1) is 0 Å². The number of sulfonamides is 1. The Balaban J connectivity index is 2.22. The van der Waals surface area contributed by atoms with Crippen LogP contribution in [0.2, 0.25) is 0 Å². The molecule has 0 atom stereocenters. The number of hydrogen-bond acceptors (Lipinski definition) is 5. The molecule has 0 bridgehead atoms. The van der Waals surface area contributed by atoms with Gasteiger partial charge in [-0.05, 0) is 25.0 Å². The van der Waals surface area contributed by atoms with E-state index in [4.69, 9.17) is 5.11 Å². The molecule has 98 valence electrons. The first-order valence-electron chi connectivity index (χ1n) is 5.28. The van der Waals surface area contributed by atoms with E-state index < -0.39 is 20.5 Å². The van der Waals surface area contributed by atoms with Crippen LogP contribution in [0.15, 0.2) is 29.2 Å². The lowest BCUT2D eigenvalue weighted by atomic mass is 10.3. The van der Waals surface area contributed by atoms with Gasteiger partial charge in [-0.25, -0.2) is 13.1 Å². The fraction of sp³-hybridized carbons (Fsp3) is 0.400. The van der Waals surface area contributed by atoms with Crippen LogP contribution < -0.4 is 4.72 Å². The Hall–Kier alpha value is -1.51. The normalized spacial score (nSPS) is 17.4. The van der Waals surface area contributed by atoms with Crippen LogP contribution in [-0.4, -0.2) is 30.6 Å². The first-order valence-corrected chi connectivity index (χ1v) is 6.76. The molecule has 1 aromatic rings. The number of non-ortho nitro benzene ring substituents is 1. The summed E-state index contributed by atoms with van der Waals surface area (Å²) in [5, 5.41) is 19.5. The van der Waals surface area contributed by atoms with Crippen LogP contribution in [0.25, 0.3) is 0 Å². The van der Waals surface area contributed by atoms with Gasteiger partial charge in [0.05, 0.1) is 22.0 Å². The van der Waals surface area contributed by atoms with E-state index in [0.717, 1.165) is 12.1 Å². The molecule has 1 aliphatic rings. The van der Waals surface area contributed by atoms with Crippen LogP contribution in [-0.2, 0) is 10.0 Å². The van der Waals surface area contributed by atoms with Gasteiger partial charge in [-0.3, -0.25) is 10.1 Å². The van der Waals surface area contributed by atoms with E-state index in [1.807, 2.05) is 0 Å². The van der Waals surface area contributed by atoms with Crippen LogP contribution >= 0.6 is 0 Å². The Morgan fingerprint density at radius 3 is 2.28 bits per heavy atom. The third-order valence-electron chi connectivity index (χ3n) is 2.86. The maximum atomic E-state index is 11.9. The Morgan fingerprint density at radius 2 is 1.89 bits per heavy atom. The molecule has 0 amide bonds. The Kier molecular flexibility index (Phi) is 3.09. The molecule has 1 aliphatic carbocycles. The number of rotatable bonds is 5. The van der Waals surface area contributed by atoms with Crippen molar-refractivity contribution in [1.82, 2.24) is 4.72 Å². The number of benzene rings is 1. The number of nitrogens with one attached hydrogen (secondary N) is 1. The van der Waals surface area contributed by atoms with Crippen LogP contribution in [0.5, 0.6) is 0 Å². The molecule has 0 aromatic heterocycles. The first-order chi connectivity index (χ1) is 8.38. The Bertz CT molecular complexity index is 562. The van der Waals surface area contributed by atoms with Gasteiger partial charge in [0.2, 0.25) is 10.0 Å². The lowest BCUT2D eigenvalue weighted by Crippen LogP contribution is -2.39. The summed E-state index contributed by atoms with van der Waals surface area (Å²) in [5.74, 6) is 0. The van der Waals surface area contributed by atoms with Crippen molar-refractivity contribution < 1.29 is 18.4 Å². The van der Waals surface area contributed by atoms with Crippen LogP contribution in [0.3, 0.4) is 0 Å². The topological polar surface area (TPSA) is 110 Å². The molecular weight excluding hydrogens is 260 g/mol. The van der Waals surface area contributed by atoms with E-state index in [9.17, 15) is 18.5 Å². The van der Waals surface area contributed by atoms with E-state index in [-0.39, 0.29) is 17.2 Å². The second kappa shape index (κ2) is 4.30. The average molecular weight is 272 g/mol. The minimum Gasteiger partial charge on any atom is -0.394 e. The van der Waals surface area contributed by atoms with E-state index in [1.54, 1.807) is 0 Å². The summed E-state index contributed by atoms with van der Waals surface area (Å²) in [5.41, 5.74) is -0.919. The Morgan fingerprint density at radius 1 is 1.33 bits per heavy atom. The smallest absolute Gasteiger partial charge is 0.269 e. The fourth-order valence-corrected chi connectivity index (χ4v) is 2.99. The second-order valence-electron chi connectivity index (χ2n) is 4.29. The molecule has 2 N–H and O–H groups in total. The number of aliphatic hydroxyl groups is 1. The molecule has 0 aliphatic heterocycles. The quantitative estimate of drug-likeness (QED) is 0.595. The zero-order valence-corrected chi connectivity index (χ0v) is 10.2. The molecule has 8 heteroatoms. The van der Waals surface area contributed by atoms with Gasteiger partial charge in [0.25, 0.3) is 5.69 Å². The minimum absolute atomic E-state index is 0.0483. The third-order valence-corrected chi connectivity index (χ3v) is 4.46. The molecule has 0 unspecified atom stereocenters. The lowest BCUT2D eigenvalue weighted by Gasteiger charge is -2.14. The molecule has 0 spiro atoms. The van der Waals surface area contributed by atoms with Crippen molar-refractivity contribution in [2.24, 2.45) is 0 Å². The zero-order valence-electron chi connectivity index (χ0n) is 9.37. The maximum Gasteiger partial charge on any atom is 0.269 e. The van der Waals surface area contributed by atoms with Crippen molar-refractivity contribution in [1.29, 1.82) is 0 Å². The van der Waals surface area contributed by atoms with Gasteiger partial charge in [0, 0.05) is 12.1 Å². The summed E-state index contributed by atoms with van der Waals surface area (Å²) in [6.45, 7) is -0.251. The number of nitro groups is 1. The van der Waals surface area contributed by atoms with Crippen LogP contribution in [0.1, 0.15) is 12.8 Å². The molecule has 0 saturated heterocycles. The summed E-state index contributed by atoms with van der Waals surface area (Å²) < 4.78 is 26.3. The van der Waals surface area contributed by atoms with Crippen LogP contribution in [0.4, 0.5) is 5.69 Å². The summed E-state index contributed by atoms with van der Waals surface area (Å²) in [4.78, 5) is 9.81. The third kappa shape index (κ3) is 2.50. The van der Waals surface area contributed by atoms with E-state index in [2.05, 4.69) is 4.72 Å². The molecule has 0 heterocycles. The molecule has 1 aromatic carbocycles. The van der Waals surface area contributed by atoms with Crippen molar-refractivity contribution in [2.75, 3.05) is 6.61 Å². The van der Waals surface area contributed by atoms with Gasteiger partial charge in [0.1, 0.15) is 0 Å². The molecule has 0 radical (unpaired) electrons. The summed E-state index contributed by atoms with van der Waals surface area (Å²) in [6, 6.07) is 4.61. The molecule has 2 rings (SSSR count). The predicted octanol–water partition coefficient (Wildman–Crippen LogP) is 0.398.